The maximum absolute atomic E-state index is 12.8. The fourth-order valence-electron chi connectivity index (χ4n) is 2.68. The van der Waals surface area contributed by atoms with Crippen molar-refractivity contribution >= 4 is 38.6 Å². The number of hydrogen-bond donors (Lipinski definition) is 1. The van der Waals surface area contributed by atoms with E-state index in [0.29, 0.717) is 17.4 Å². The second-order valence-corrected chi connectivity index (χ2v) is 8.73. The Bertz CT molecular complexity index is 758. The zero-order valence-corrected chi connectivity index (χ0v) is 13.6. The van der Waals surface area contributed by atoms with Crippen LogP contribution in [0.15, 0.2) is 40.6 Å². The number of rotatable bonds is 4. The van der Waals surface area contributed by atoms with Crippen molar-refractivity contribution in [1.29, 1.82) is 0 Å². The molecular formula is C14H15ClN2O2S2. The molecular weight excluding hydrogens is 328 g/mol. The van der Waals surface area contributed by atoms with Crippen molar-refractivity contribution in [1.82, 2.24) is 0 Å². The molecule has 2 N–H and O–H groups in total. The number of thiophene rings is 1. The minimum absolute atomic E-state index is 0.149. The lowest BCUT2D eigenvalue weighted by atomic mass is 9.98. The predicted octanol–water partition coefficient (Wildman–Crippen LogP) is 3.04. The number of hydrogen-bond acceptors (Lipinski definition) is 4. The van der Waals surface area contributed by atoms with Crippen LogP contribution >= 0.6 is 22.9 Å². The Kier molecular flexibility index (Phi) is 3.96. The summed E-state index contributed by atoms with van der Waals surface area (Å²) in [6.45, 7) is 0.978. The standard InChI is InChI=1S/C14H15ClN2O2S2/c15-13-5-6-14(20-13)21(18,19)17-9-10(7-8-16)11-3-1-2-4-12(11)17/h1-6,10H,7-9,16H2. The lowest BCUT2D eigenvalue weighted by Gasteiger charge is -2.18. The lowest BCUT2D eigenvalue weighted by Crippen LogP contribution is -2.29. The molecule has 2 heterocycles. The highest BCUT2D eigenvalue weighted by Crippen LogP contribution is 2.41. The summed E-state index contributed by atoms with van der Waals surface area (Å²) in [6.07, 6.45) is 0.772. The van der Waals surface area contributed by atoms with E-state index in [1.165, 1.54) is 4.31 Å². The topological polar surface area (TPSA) is 63.4 Å². The van der Waals surface area contributed by atoms with Gasteiger partial charge in [-0.25, -0.2) is 8.42 Å². The molecule has 7 heteroatoms. The fraction of sp³-hybridized carbons (Fsp3) is 0.286. The number of nitrogens with zero attached hydrogens (tertiary/aromatic N) is 1. The van der Waals surface area contributed by atoms with E-state index in [1.807, 2.05) is 24.3 Å². The first-order valence-electron chi connectivity index (χ1n) is 6.61. The monoisotopic (exact) mass is 342 g/mol. The molecule has 1 aliphatic heterocycles. The highest BCUT2D eigenvalue weighted by Gasteiger charge is 2.36. The van der Waals surface area contributed by atoms with Gasteiger partial charge in [0.05, 0.1) is 10.0 Å². The molecule has 1 aromatic carbocycles. The van der Waals surface area contributed by atoms with E-state index >= 15 is 0 Å². The van der Waals surface area contributed by atoms with E-state index in [4.69, 9.17) is 17.3 Å². The fourth-order valence-corrected chi connectivity index (χ4v) is 5.81. The van der Waals surface area contributed by atoms with Crippen LogP contribution in [0.3, 0.4) is 0 Å². The molecule has 1 aliphatic rings. The van der Waals surface area contributed by atoms with Crippen LogP contribution in [-0.4, -0.2) is 21.5 Å². The minimum Gasteiger partial charge on any atom is -0.330 e. The van der Waals surface area contributed by atoms with Gasteiger partial charge in [0, 0.05) is 12.5 Å². The molecule has 112 valence electrons. The van der Waals surface area contributed by atoms with Gasteiger partial charge in [0.2, 0.25) is 0 Å². The summed E-state index contributed by atoms with van der Waals surface area (Å²) in [6, 6.07) is 10.8. The number of halogens is 1. The molecule has 0 spiro atoms. The lowest BCUT2D eigenvalue weighted by molar-refractivity contribution is 0.588. The Hall–Kier alpha value is -1.08. The molecule has 0 saturated heterocycles. The van der Waals surface area contributed by atoms with Crippen LogP contribution in [0, 0.1) is 0 Å². The van der Waals surface area contributed by atoms with Gasteiger partial charge in [-0.3, -0.25) is 4.31 Å². The van der Waals surface area contributed by atoms with Gasteiger partial charge in [0.25, 0.3) is 10.0 Å². The van der Waals surface area contributed by atoms with Gasteiger partial charge in [0.1, 0.15) is 4.21 Å². The van der Waals surface area contributed by atoms with E-state index in [9.17, 15) is 8.42 Å². The summed E-state index contributed by atoms with van der Waals surface area (Å²) in [5, 5.41) is 0. The van der Waals surface area contributed by atoms with Crippen LogP contribution in [-0.2, 0) is 10.0 Å². The van der Waals surface area contributed by atoms with Gasteiger partial charge in [-0.1, -0.05) is 29.8 Å². The molecule has 0 aliphatic carbocycles. The average molecular weight is 343 g/mol. The second kappa shape index (κ2) is 5.61. The number of nitrogens with two attached hydrogens (primary N) is 1. The van der Waals surface area contributed by atoms with Crippen LogP contribution < -0.4 is 10.0 Å². The van der Waals surface area contributed by atoms with E-state index in [0.717, 1.165) is 29.0 Å². The first-order valence-corrected chi connectivity index (χ1v) is 9.24. The summed E-state index contributed by atoms with van der Waals surface area (Å²) in [4.78, 5) is 0. The summed E-state index contributed by atoms with van der Waals surface area (Å²) < 4.78 is 27.8. The number of sulfonamides is 1. The Balaban J connectivity index is 2.04. The molecule has 1 aromatic heterocycles. The van der Waals surface area contributed by atoms with Crippen molar-refractivity contribution in [3.05, 3.63) is 46.3 Å². The molecule has 0 bridgehead atoms. The van der Waals surface area contributed by atoms with Crippen LogP contribution in [0.4, 0.5) is 5.69 Å². The highest BCUT2D eigenvalue weighted by atomic mass is 35.5. The number of anilines is 1. The third-order valence-corrected chi connectivity index (χ3v) is 7.12. The van der Waals surface area contributed by atoms with Crippen molar-refractivity contribution < 1.29 is 8.42 Å². The smallest absolute Gasteiger partial charge is 0.273 e. The summed E-state index contributed by atoms with van der Waals surface area (Å²) in [7, 11) is -3.56. The predicted molar refractivity (Wildman–Crippen MR) is 86.7 cm³/mol. The second-order valence-electron chi connectivity index (χ2n) is 4.93. The van der Waals surface area contributed by atoms with E-state index in [1.54, 1.807) is 12.1 Å². The molecule has 0 radical (unpaired) electrons. The Morgan fingerprint density at radius 2 is 2.05 bits per heavy atom. The van der Waals surface area contributed by atoms with Crippen molar-refractivity contribution in [2.45, 2.75) is 16.5 Å². The number of benzene rings is 1. The molecule has 0 amide bonds. The molecule has 1 unspecified atom stereocenters. The zero-order valence-electron chi connectivity index (χ0n) is 11.2. The van der Waals surface area contributed by atoms with Gasteiger partial charge >= 0.3 is 0 Å². The van der Waals surface area contributed by atoms with Crippen LogP contribution in [0.25, 0.3) is 0 Å². The van der Waals surface area contributed by atoms with Gasteiger partial charge in [0.15, 0.2) is 0 Å². The van der Waals surface area contributed by atoms with Crippen LogP contribution in [0.1, 0.15) is 17.9 Å². The molecule has 1 atom stereocenters. The molecule has 3 rings (SSSR count). The first-order chi connectivity index (χ1) is 10.0. The zero-order chi connectivity index (χ0) is 15.0. The Morgan fingerprint density at radius 1 is 1.29 bits per heavy atom. The van der Waals surface area contributed by atoms with Crippen molar-refractivity contribution in [3.8, 4) is 0 Å². The maximum atomic E-state index is 12.8. The normalized spacial score (nSPS) is 18.0. The van der Waals surface area contributed by atoms with E-state index in [-0.39, 0.29) is 10.1 Å². The molecule has 2 aromatic rings. The average Bonchev–Trinajstić information content (AvgIpc) is 3.05. The van der Waals surface area contributed by atoms with Gasteiger partial charge in [-0.15, -0.1) is 11.3 Å². The van der Waals surface area contributed by atoms with Gasteiger partial charge < -0.3 is 5.73 Å². The van der Waals surface area contributed by atoms with Crippen molar-refractivity contribution in [3.63, 3.8) is 0 Å². The third-order valence-electron chi connectivity index (χ3n) is 3.64. The number of fused-ring (bicyclic) bond motifs is 1. The molecule has 0 fully saturated rings. The summed E-state index contributed by atoms with van der Waals surface area (Å²) in [5.74, 6) is 0.149. The Morgan fingerprint density at radius 3 is 2.71 bits per heavy atom. The maximum Gasteiger partial charge on any atom is 0.273 e. The minimum atomic E-state index is -3.56. The van der Waals surface area contributed by atoms with Crippen LogP contribution in [0.5, 0.6) is 0 Å². The largest absolute Gasteiger partial charge is 0.330 e. The van der Waals surface area contributed by atoms with E-state index < -0.39 is 10.0 Å². The number of para-hydroxylation sites is 1. The van der Waals surface area contributed by atoms with E-state index in [2.05, 4.69) is 0 Å². The quantitative estimate of drug-likeness (QED) is 0.928. The van der Waals surface area contributed by atoms with Gasteiger partial charge in [-0.05, 0) is 36.7 Å². The van der Waals surface area contributed by atoms with Gasteiger partial charge in [-0.2, -0.15) is 0 Å². The van der Waals surface area contributed by atoms with Crippen molar-refractivity contribution in [2.75, 3.05) is 17.4 Å². The first kappa shape index (κ1) is 14.8. The Labute approximate surface area is 133 Å². The summed E-state index contributed by atoms with van der Waals surface area (Å²) in [5.41, 5.74) is 7.45. The molecule has 0 saturated carbocycles. The molecule has 21 heavy (non-hydrogen) atoms. The third kappa shape index (κ3) is 2.57. The summed E-state index contributed by atoms with van der Waals surface area (Å²) >= 11 is 6.95. The van der Waals surface area contributed by atoms with Crippen LogP contribution in [0.2, 0.25) is 4.34 Å². The highest BCUT2D eigenvalue weighted by molar-refractivity contribution is 7.94. The van der Waals surface area contributed by atoms with Crippen molar-refractivity contribution in [2.24, 2.45) is 5.73 Å². The SMILES string of the molecule is NCCC1CN(S(=O)(=O)c2ccc(Cl)s2)c2ccccc21. The molecule has 4 nitrogen and oxygen atoms in total.